The predicted octanol–water partition coefficient (Wildman–Crippen LogP) is 5.38. The van der Waals surface area contributed by atoms with Crippen molar-refractivity contribution in [3.8, 4) is 22.9 Å². The first-order valence-corrected chi connectivity index (χ1v) is 12.9. The number of fused-ring (bicyclic) bond motifs is 1. The number of piperidine rings is 1. The van der Waals surface area contributed by atoms with Gasteiger partial charge >= 0.3 is 6.18 Å². The van der Waals surface area contributed by atoms with Crippen LogP contribution in [0.3, 0.4) is 0 Å². The summed E-state index contributed by atoms with van der Waals surface area (Å²) in [7, 11) is 0. The first-order valence-electron chi connectivity index (χ1n) is 12.9. The van der Waals surface area contributed by atoms with Crippen LogP contribution in [0.25, 0.3) is 22.0 Å². The number of pyridine rings is 1. The first kappa shape index (κ1) is 28.4. The van der Waals surface area contributed by atoms with Gasteiger partial charge in [-0.3, -0.25) is 0 Å². The summed E-state index contributed by atoms with van der Waals surface area (Å²) < 4.78 is 74.1. The Bertz CT molecular complexity index is 1540. The van der Waals surface area contributed by atoms with Gasteiger partial charge in [-0.25, -0.2) is 23.7 Å². The largest absolute Gasteiger partial charge is 0.437 e. The van der Waals surface area contributed by atoms with Crippen molar-refractivity contribution >= 4 is 22.4 Å². The molecule has 1 saturated heterocycles. The highest BCUT2D eigenvalue weighted by molar-refractivity contribution is 5.99. The molecule has 1 aliphatic rings. The molecular formula is C28H27F5N6O2. The fourth-order valence-electron chi connectivity index (χ4n) is 4.65. The molecular weight excluding hydrogens is 547 g/mol. The van der Waals surface area contributed by atoms with Crippen molar-refractivity contribution in [3.63, 3.8) is 0 Å². The second kappa shape index (κ2) is 11.8. The number of aromatic nitrogens is 3. The minimum Gasteiger partial charge on any atom is -0.437 e. The average Bonchev–Trinajstić information content (AvgIpc) is 2.95. The monoisotopic (exact) mass is 574 g/mol. The minimum atomic E-state index is -4.86. The van der Waals surface area contributed by atoms with Crippen molar-refractivity contribution in [1.29, 1.82) is 0 Å². The number of anilines is 2. The molecule has 1 unspecified atom stereocenters. The smallest absolute Gasteiger partial charge is 0.416 e. The first-order chi connectivity index (χ1) is 19.6. The zero-order valence-electron chi connectivity index (χ0n) is 21.8. The molecule has 3 atom stereocenters. The summed E-state index contributed by atoms with van der Waals surface area (Å²) in [5.41, 5.74) is 0.768. The van der Waals surface area contributed by atoms with Crippen molar-refractivity contribution in [2.45, 2.75) is 37.8 Å². The third-order valence-corrected chi connectivity index (χ3v) is 6.71. The summed E-state index contributed by atoms with van der Waals surface area (Å²) in [4.78, 5) is 13.1. The van der Waals surface area contributed by atoms with Crippen LogP contribution < -0.4 is 20.7 Å². The summed E-state index contributed by atoms with van der Waals surface area (Å²) in [5.74, 6) is -0.301. The van der Waals surface area contributed by atoms with Crippen LogP contribution in [0.1, 0.15) is 12.0 Å². The van der Waals surface area contributed by atoms with Crippen LogP contribution in [0.15, 0.2) is 54.9 Å². The van der Waals surface area contributed by atoms with E-state index in [-0.39, 0.29) is 34.3 Å². The molecule has 4 N–H and O–H groups in total. The number of hydrogen-bond acceptors (Lipinski definition) is 8. The van der Waals surface area contributed by atoms with Gasteiger partial charge in [-0.15, -0.1) is 0 Å². The molecule has 0 amide bonds. The van der Waals surface area contributed by atoms with Gasteiger partial charge in [-0.1, -0.05) is 24.3 Å². The molecule has 3 heterocycles. The van der Waals surface area contributed by atoms with E-state index >= 15 is 4.39 Å². The van der Waals surface area contributed by atoms with E-state index in [2.05, 4.69) is 30.9 Å². The Balaban J connectivity index is 1.47. The van der Waals surface area contributed by atoms with Gasteiger partial charge in [0.25, 0.3) is 0 Å². The summed E-state index contributed by atoms with van der Waals surface area (Å²) in [5, 5.41) is 18.7. The number of aliphatic hydroxyl groups excluding tert-OH is 1. The van der Waals surface area contributed by atoms with Crippen LogP contribution in [-0.2, 0) is 0 Å². The predicted molar refractivity (Wildman–Crippen MR) is 144 cm³/mol. The van der Waals surface area contributed by atoms with Gasteiger partial charge in [0.05, 0.1) is 16.9 Å². The Kier molecular flexibility index (Phi) is 8.18. The summed E-state index contributed by atoms with van der Waals surface area (Å²) in [6.45, 7) is 1.37. The van der Waals surface area contributed by atoms with E-state index in [0.717, 1.165) is 0 Å². The van der Waals surface area contributed by atoms with Crippen molar-refractivity contribution in [2.24, 2.45) is 0 Å². The van der Waals surface area contributed by atoms with Gasteiger partial charge in [-0.2, -0.15) is 13.2 Å². The number of benzene rings is 2. The number of nitrogens with zero attached hydrogens (tertiary/aromatic N) is 3. The molecule has 41 heavy (non-hydrogen) atoms. The maximum absolute atomic E-state index is 15.6. The zero-order chi connectivity index (χ0) is 29.1. The summed E-state index contributed by atoms with van der Waals surface area (Å²) >= 11 is 0. The van der Waals surface area contributed by atoms with Crippen LogP contribution in [0.2, 0.25) is 0 Å². The molecule has 0 bridgehead atoms. The van der Waals surface area contributed by atoms with E-state index in [1.54, 1.807) is 42.6 Å². The molecule has 0 spiro atoms. The van der Waals surface area contributed by atoms with Gasteiger partial charge in [0, 0.05) is 60.8 Å². The van der Waals surface area contributed by atoms with Crippen molar-refractivity contribution in [2.75, 3.05) is 30.3 Å². The van der Waals surface area contributed by atoms with Gasteiger partial charge < -0.3 is 25.8 Å². The normalized spacial score (nSPS) is 18.2. The van der Waals surface area contributed by atoms with E-state index in [4.69, 9.17) is 4.74 Å². The molecule has 5 rings (SSSR count). The Morgan fingerprint density at radius 2 is 1.85 bits per heavy atom. The maximum Gasteiger partial charge on any atom is 0.416 e. The Labute approximate surface area is 232 Å². The van der Waals surface area contributed by atoms with Crippen LogP contribution in [0, 0.1) is 12.7 Å². The molecule has 0 saturated carbocycles. The van der Waals surface area contributed by atoms with Crippen molar-refractivity contribution in [3.05, 3.63) is 66.2 Å². The third kappa shape index (κ3) is 6.30. The Hall–Kier alpha value is -4.10. The molecule has 1 fully saturated rings. The number of rotatable bonds is 8. The lowest BCUT2D eigenvalue weighted by Crippen LogP contribution is -2.44. The number of aliphatic hydroxyl groups is 1. The van der Waals surface area contributed by atoms with E-state index < -0.39 is 30.8 Å². The van der Waals surface area contributed by atoms with Gasteiger partial charge in [0.15, 0.2) is 11.9 Å². The van der Waals surface area contributed by atoms with E-state index in [1.807, 2.05) is 0 Å². The van der Waals surface area contributed by atoms with Gasteiger partial charge in [-0.05, 0) is 25.1 Å². The molecule has 4 aromatic rings. The third-order valence-electron chi connectivity index (χ3n) is 6.71. The lowest BCUT2D eigenvalue weighted by atomic mass is 10.0. The minimum absolute atomic E-state index is 0.0277. The van der Waals surface area contributed by atoms with E-state index in [1.165, 1.54) is 19.2 Å². The lowest BCUT2D eigenvalue weighted by Gasteiger charge is -2.26. The van der Waals surface area contributed by atoms with Crippen molar-refractivity contribution < 1.29 is 31.8 Å². The fourth-order valence-corrected chi connectivity index (χ4v) is 4.65. The molecule has 8 nitrogen and oxygen atoms in total. The van der Waals surface area contributed by atoms with Crippen LogP contribution in [0.4, 0.5) is 33.6 Å². The second-order valence-electron chi connectivity index (χ2n) is 9.68. The molecule has 2 aromatic heterocycles. The quantitative estimate of drug-likeness (QED) is 0.208. The molecule has 0 radical (unpaired) electrons. The van der Waals surface area contributed by atoms with Gasteiger partial charge in [0.1, 0.15) is 11.9 Å². The van der Waals surface area contributed by atoms with Crippen LogP contribution in [0.5, 0.6) is 11.6 Å². The zero-order valence-corrected chi connectivity index (χ0v) is 21.8. The van der Waals surface area contributed by atoms with Crippen LogP contribution >= 0.6 is 0 Å². The van der Waals surface area contributed by atoms with E-state index in [0.29, 0.717) is 42.1 Å². The highest BCUT2D eigenvalue weighted by Crippen LogP contribution is 2.41. The topological polar surface area (TPSA) is 104 Å². The number of nitrogens with one attached hydrogen (secondary N) is 3. The second-order valence-corrected chi connectivity index (χ2v) is 9.68. The number of halogens is 5. The highest BCUT2D eigenvalue weighted by Gasteiger charge is 2.38. The summed E-state index contributed by atoms with van der Waals surface area (Å²) in [6, 6.07) is 11.3. The van der Waals surface area contributed by atoms with Crippen molar-refractivity contribution in [1.82, 2.24) is 20.3 Å². The molecule has 1 aliphatic heterocycles. The SMILES string of the molecule is Cc1c(F)c(NCC(O)C(F)(F)F)c2ccccc2c1Oc1ncccc1-c1ccnc(N[C@@H]2CNC[C@@H](F)C2)n1. The fraction of sp³-hybridized carbons (Fsp3) is 0.321. The molecule has 216 valence electrons. The standard InChI is InChI=1S/C28H27F5N6O2/c1-15-23(30)24(37-14-22(40)28(31,32)33)18-5-2-3-6-19(18)25(15)41-26-20(7-4-9-35-26)21-8-10-36-27(39-21)38-17-11-16(29)12-34-13-17/h2-10,16-17,22,34,37,40H,11-14H2,1H3,(H,36,38,39)/t16-,17-,22?/m0/s1. The average molecular weight is 575 g/mol. The van der Waals surface area contributed by atoms with E-state index in [9.17, 15) is 22.7 Å². The number of ether oxygens (including phenoxy) is 1. The number of alkyl halides is 4. The molecule has 13 heteroatoms. The Morgan fingerprint density at radius 3 is 2.61 bits per heavy atom. The maximum atomic E-state index is 15.6. The summed E-state index contributed by atoms with van der Waals surface area (Å²) in [6.07, 6.45) is -5.14. The number of hydrogen-bond donors (Lipinski definition) is 4. The Morgan fingerprint density at radius 1 is 1.07 bits per heavy atom. The van der Waals surface area contributed by atoms with Crippen LogP contribution in [-0.4, -0.2) is 64.2 Å². The molecule has 2 aromatic carbocycles. The lowest BCUT2D eigenvalue weighted by molar-refractivity contribution is -0.198. The highest BCUT2D eigenvalue weighted by atomic mass is 19.4. The van der Waals surface area contributed by atoms with Gasteiger partial charge in [0.2, 0.25) is 11.8 Å². The molecule has 0 aliphatic carbocycles.